The molecule has 0 radical (unpaired) electrons. The smallest absolute Gasteiger partial charge is 0.475 e. The molecule has 0 atom stereocenters. The summed E-state index contributed by atoms with van der Waals surface area (Å²) in [4.78, 5) is 25.1. The maximum Gasteiger partial charge on any atom is 0.490 e. The molecule has 4 N–H and O–H groups in total. The maximum absolute atomic E-state index is 10.6. The normalized spacial score (nSPS) is 13.7. The first-order valence-electron chi connectivity index (χ1n) is 12.2. The number of nitrogens with zero attached hydrogens (tertiary/aromatic N) is 1. The molecule has 0 aliphatic heterocycles. The number of hydrogen-bond acceptors (Lipinski definition) is 5. The van der Waals surface area contributed by atoms with Crippen LogP contribution in [-0.4, -0.2) is 50.0 Å². The topological polar surface area (TPSA) is 125 Å². The molecule has 42 heavy (non-hydrogen) atoms. The number of nitrogens with one attached hydrogen (secondary N) is 2. The molecule has 3 aromatic carbocycles. The Morgan fingerprint density at radius 2 is 1.38 bits per heavy atom. The van der Waals surface area contributed by atoms with Gasteiger partial charge in [-0.05, 0) is 60.7 Å². The van der Waals surface area contributed by atoms with E-state index in [9.17, 15) is 26.3 Å². The zero-order valence-electron chi connectivity index (χ0n) is 21.9. The molecule has 14 heteroatoms. The second-order valence-corrected chi connectivity index (χ2v) is 9.47. The van der Waals surface area contributed by atoms with Gasteiger partial charge in [0.1, 0.15) is 11.5 Å². The number of aliphatic carboxylic acids is 2. The van der Waals surface area contributed by atoms with E-state index in [1.165, 1.54) is 16.7 Å². The zero-order chi connectivity index (χ0) is 31.1. The molecule has 224 valence electrons. The van der Waals surface area contributed by atoms with Crippen molar-refractivity contribution in [2.45, 2.75) is 44.2 Å². The van der Waals surface area contributed by atoms with Crippen LogP contribution in [0, 0.1) is 0 Å². The SMILES string of the molecule is CC1(NCc2ccc(Oc3ccc4nc[nH]c4c3)cc2)Cc2ccccc2C1.O=C(O)C(F)(F)F.O=C(O)C(F)(F)F. The first-order chi connectivity index (χ1) is 19.6. The van der Waals surface area contributed by atoms with Gasteiger partial charge in [0, 0.05) is 18.2 Å². The van der Waals surface area contributed by atoms with Gasteiger partial charge in [0.05, 0.1) is 17.4 Å². The Hall–Kier alpha value is -4.59. The quantitative estimate of drug-likeness (QED) is 0.200. The maximum atomic E-state index is 10.6. The van der Waals surface area contributed by atoms with Crippen LogP contribution in [0.25, 0.3) is 11.0 Å². The summed E-state index contributed by atoms with van der Waals surface area (Å²) >= 11 is 0. The average Bonchev–Trinajstić information content (AvgIpc) is 3.51. The molecule has 1 aliphatic rings. The van der Waals surface area contributed by atoms with Crippen molar-refractivity contribution < 1.29 is 50.9 Å². The molecule has 4 aromatic rings. The number of carbonyl (C=O) groups is 2. The van der Waals surface area contributed by atoms with Crippen LogP contribution < -0.4 is 10.1 Å². The van der Waals surface area contributed by atoms with E-state index < -0.39 is 24.3 Å². The number of imidazole rings is 1. The predicted octanol–water partition coefficient (Wildman–Crippen LogP) is 6.27. The number of aromatic nitrogens is 2. The molecule has 0 saturated heterocycles. The van der Waals surface area contributed by atoms with E-state index in [4.69, 9.17) is 24.5 Å². The van der Waals surface area contributed by atoms with Crippen molar-refractivity contribution in [3.8, 4) is 11.5 Å². The summed E-state index contributed by atoms with van der Waals surface area (Å²) in [6.45, 7) is 3.17. The fourth-order valence-electron chi connectivity index (χ4n) is 4.04. The molecule has 0 spiro atoms. The molecular weight excluding hydrogens is 572 g/mol. The number of benzene rings is 3. The van der Waals surface area contributed by atoms with Crippen molar-refractivity contribution in [2.24, 2.45) is 0 Å². The number of ether oxygens (including phenoxy) is 1. The number of carboxylic acid groups (broad SMARTS) is 2. The zero-order valence-corrected chi connectivity index (χ0v) is 21.9. The predicted molar refractivity (Wildman–Crippen MR) is 139 cm³/mol. The highest BCUT2D eigenvalue weighted by molar-refractivity contribution is 5.76. The third-order valence-corrected chi connectivity index (χ3v) is 6.03. The molecule has 0 amide bonds. The van der Waals surface area contributed by atoms with Gasteiger partial charge in [-0.25, -0.2) is 14.6 Å². The fraction of sp³-hybridized carbons (Fsp3) is 0.250. The lowest BCUT2D eigenvalue weighted by Crippen LogP contribution is -2.42. The van der Waals surface area contributed by atoms with Crippen molar-refractivity contribution in [3.63, 3.8) is 0 Å². The van der Waals surface area contributed by atoms with E-state index in [2.05, 4.69) is 58.6 Å². The minimum absolute atomic E-state index is 0.123. The van der Waals surface area contributed by atoms with Crippen LogP contribution in [0.2, 0.25) is 0 Å². The molecule has 0 unspecified atom stereocenters. The second kappa shape index (κ2) is 12.9. The van der Waals surface area contributed by atoms with Crippen molar-refractivity contribution in [1.29, 1.82) is 0 Å². The lowest BCUT2D eigenvalue weighted by Gasteiger charge is -2.25. The Morgan fingerprint density at radius 3 is 1.88 bits per heavy atom. The lowest BCUT2D eigenvalue weighted by atomic mass is 9.98. The van der Waals surface area contributed by atoms with E-state index in [0.29, 0.717) is 0 Å². The number of hydrogen-bond donors (Lipinski definition) is 4. The van der Waals surface area contributed by atoms with E-state index in [1.807, 2.05) is 30.3 Å². The van der Waals surface area contributed by atoms with Gasteiger partial charge < -0.3 is 25.3 Å². The van der Waals surface area contributed by atoms with Crippen molar-refractivity contribution >= 4 is 23.0 Å². The Bertz CT molecular complexity index is 1470. The number of aromatic amines is 1. The number of H-pyrrole nitrogens is 1. The Labute approximate surface area is 235 Å². The first kappa shape index (κ1) is 31.9. The highest BCUT2D eigenvalue weighted by Crippen LogP contribution is 2.30. The summed E-state index contributed by atoms with van der Waals surface area (Å²) in [6, 6.07) is 22.9. The molecule has 0 bridgehead atoms. The van der Waals surface area contributed by atoms with Crippen LogP contribution in [0.3, 0.4) is 0 Å². The third-order valence-electron chi connectivity index (χ3n) is 6.03. The van der Waals surface area contributed by atoms with Crippen molar-refractivity contribution in [2.75, 3.05) is 0 Å². The number of carboxylic acids is 2. The van der Waals surface area contributed by atoms with Gasteiger partial charge in [-0.3, -0.25) is 0 Å². The summed E-state index contributed by atoms with van der Waals surface area (Å²) in [5, 5.41) is 18.0. The standard InChI is InChI=1S/C24H23N3O.2C2HF3O2/c1-24(13-18-4-2-3-5-19(18)14-24)27-15-17-6-8-20(9-7-17)28-21-10-11-22-23(12-21)26-16-25-22;2*3-2(4,5)1(6)7/h2-12,16,27H,13-15H2,1H3,(H,25,26);2*(H,6,7). The molecule has 1 aromatic heterocycles. The minimum atomic E-state index is -5.08. The number of halogens is 6. The van der Waals surface area contributed by atoms with E-state index in [1.54, 1.807) is 6.33 Å². The number of fused-ring (bicyclic) bond motifs is 2. The number of rotatable bonds is 5. The summed E-state index contributed by atoms with van der Waals surface area (Å²) in [7, 11) is 0. The molecule has 1 heterocycles. The van der Waals surface area contributed by atoms with Crippen LogP contribution in [0.4, 0.5) is 26.3 Å². The largest absolute Gasteiger partial charge is 0.490 e. The van der Waals surface area contributed by atoms with Gasteiger partial charge in [-0.15, -0.1) is 0 Å². The fourth-order valence-corrected chi connectivity index (χ4v) is 4.04. The average molecular weight is 598 g/mol. The van der Waals surface area contributed by atoms with Gasteiger partial charge in [0.15, 0.2) is 0 Å². The van der Waals surface area contributed by atoms with Crippen LogP contribution in [0.5, 0.6) is 11.5 Å². The Morgan fingerprint density at radius 1 is 0.881 bits per heavy atom. The van der Waals surface area contributed by atoms with Crippen LogP contribution in [0.15, 0.2) is 73.1 Å². The molecule has 5 rings (SSSR count). The molecule has 8 nitrogen and oxygen atoms in total. The Balaban J connectivity index is 0.000000289. The summed E-state index contributed by atoms with van der Waals surface area (Å²) in [6.07, 6.45) is -6.31. The van der Waals surface area contributed by atoms with Crippen molar-refractivity contribution in [3.05, 3.63) is 89.7 Å². The van der Waals surface area contributed by atoms with Gasteiger partial charge in [-0.1, -0.05) is 36.4 Å². The van der Waals surface area contributed by atoms with Gasteiger partial charge in [-0.2, -0.15) is 26.3 Å². The first-order valence-corrected chi connectivity index (χ1v) is 12.2. The highest BCUT2D eigenvalue weighted by Gasteiger charge is 2.39. The van der Waals surface area contributed by atoms with Crippen molar-refractivity contribution in [1.82, 2.24) is 15.3 Å². The summed E-state index contributed by atoms with van der Waals surface area (Å²) in [5.74, 6) is -3.87. The Kier molecular flexibility index (Phi) is 9.83. The summed E-state index contributed by atoms with van der Waals surface area (Å²) in [5.41, 5.74) is 6.23. The monoisotopic (exact) mass is 597 g/mol. The van der Waals surface area contributed by atoms with Gasteiger partial charge >= 0.3 is 24.3 Å². The molecular formula is C28H25F6N3O5. The lowest BCUT2D eigenvalue weighted by molar-refractivity contribution is -0.193. The van der Waals surface area contributed by atoms with Crippen LogP contribution in [-0.2, 0) is 29.0 Å². The van der Waals surface area contributed by atoms with Crippen LogP contribution in [0.1, 0.15) is 23.6 Å². The molecule has 1 aliphatic carbocycles. The van der Waals surface area contributed by atoms with Gasteiger partial charge in [0.2, 0.25) is 0 Å². The highest BCUT2D eigenvalue weighted by atomic mass is 19.4. The van der Waals surface area contributed by atoms with E-state index in [-0.39, 0.29) is 5.54 Å². The van der Waals surface area contributed by atoms with Gasteiger partial charge in [0.25, 0.3) is 0 Å². The van der Waals surface area contributed by atoms with Crippen LogP contribution >= 0.6 is 0 Å². The van der Waals surface area contributed by atoms with E-state index >= 15 is 0 Å². The molecule has 0 saturated carbocycles. The third kappa shape index (κ3) is 9.23. The van der Waals surface area contributed by atoms with E-state index in [0.717, 1.165) is 41.9 Å². The summed E-state index contributed by atoms with van der Waals surface area (Å²) < 4.78 is 69.5. The number of alkyl halides is 6. The minimum Gasteiger partial charge on any atom is -0.475 e. The molecule has 0 fully saturated rings. The second-order valence-electron chi connectivity index (χ2n) is 9.47.